The van der Waals surface area contributed by atoms with Crippen LogP contribution in [0.25, 0.3) is 0 Å². The van der Waals surface area contributed by atoms with E-state index in [2.05, 4.69) is 15.5 Å². The lowest BCUT2D eigenvalue weighted by Crippen LogP contribution is -2.12. The summed E-state index contributed by atoms with van der Waals surface area (Å²) in [5, 5.41) is 12.1. The van der Waals surface area contributed by atoms with Gasteiger partial charge in [-0.15, -0.1) is 5.10 Å². The highest BCUT2D eigenvalue weighted by molar-refractivity contribution is 6.42. The number of tetrazole rings is 1. The highest BCUT2D eigenvalue weighted by Crippen LogP contribution is 2.22. The van der Waals surface area contributed by atoms with Crippen LogP contribution in [0.5, 0.6) is 0 Å². The molecule has 1 aromatic heterocycles. The Morgan fingerprint density at radius 3 is 2.86 bits per heavy atom. The van der Waals surface area contributed by atoms with Crippen molar-refractivity contribution in [2.75, 3.05) is 0 Å². The molecule has 0 atom stereocenters. The Morgan fingerprint density at radius 1 is 1.33 bits per heavy atom. The molecule has 21 heavy (non-hydrogen) atoms. The molecule has 112 valence electrons. The smallest absolute Gasteiger partial charge is 0.310 e. The second-order valence-corrected chi connectivity index (χ2v) is 5.22. The zero-order valence-corrected chi connectivity index (χ0v) is 12.9. The van der Waals surface area contributed by atoms with E-state index in [1.807, 2.05) is 6.92 Å². The molecule has 8 heteroatoms. The van der Waals surface area contributed by atoms with Gasteiger partial charge in [-0.3, -0.25) is 4.79 Å². The summed E-state index contributed by atoms with van der Waals surface area (Å²) < 4.78 is 6.79. The third-order valence-corrected chi connectivity index (χ3v) is 3.48. The van der Waals surface area contributed by atoms with Gasteiger partial charge in [0.2, 0.25) is 0 Å². The van der Waals surface area contributed by atoms with Crippen LogP contribution < -0.4 is 0 Å². The first-order chi connectivity index (χ1) is 10.1. The molecule has 0 fully saturated rings. The number of nitrogens with zero attached hydrogens (tertiary/aromatic N) is 4. The molecule has 6 nitrogen and oxygen atoms in total. The number of hydrogen-bond donors (Lipinski definition) is 0. The second-order valence-electron chi connectivity index (χ2n) is 4.40. The number of ether oxygens (including phenoxy) is 1. The molecule has 0 amide bonds. The number of hydrogen-bond acceptors (Lipinski definition) is 5. The lowest BCUT2D eigenvalue weighted by molar-refractivity contribution is -0.144. The summed E-state index contributed by atoms with van der Waals surface area (Å²) in [4.78, 5) is 11.8. The third kappa shape index (κ3) is 4.41. The van der Waals surface area contributed by atoms with Gasteiger partial charge < -0.3 is 4.74 Å². The number of benzene rings is 1. The molecule has 2 aromatic rings. The van der Waals surface area contributed by atoms with Crippen molar-refractivity contribution >= 4 is 29.2 Å². The molecule has 0 spiro atoms. The van der Waals surface area contributed by atoms with E-state index in [1.165, 1.54) is 0 Å². The molecule has 1 aromatic carbocycles. The Balaban J connectivity index is 1.89. The number of carbonyl (C=O) groups excluding carboxylic acids is 1. The predicted molar refractivity (Wildman–Crippen MR) is 78.1 cm³/mol. The standard InChI is InChI=1S/C13H14Cl2N4O2/c1-2-5-19-12(16-17-18-19)8-21-13(20)7-9-3-4-10(14)11(15)6-9/h3-4,6H,2,5,7-8H2,1H3. The summed E-state index contributed by atoms with van der Waals surface area (Å²) in [5.74, 6) is 0.152. The first kappa shape index (κ1) is 15.7. The zero-order valence-electron chi connectivity index (χ0n) is 11.4. The minimum Gasteiger partial charge on any atom is -0.457 e. The number of rotatable bonds is 6. The Hall–Kier alpha value is -1.66. The minimum absolute atomic E-state index is 0.0488. The Kier molecular flexibility index (Phi) is 5.52. The number of aryl methyl sites for hydroxylation is 1. The molecule has 0 aliphatic rings. The molecule has 0 unspecified atom stereocenters. The van der Waals surface area contributed by atoms with Crippen LogP contribution in [-0.4, -0.2) is 26.2 Å². The fourth-order valence-electron chi connectivity index (χ4n) is 1.72. The molecule has 2 rings (SSSR count). The van der Waals surface area contributed by atoms with E-state index in [0.29, 0.717) is 22.4 Å². The van der Waals surface area contributed by atoms with Crippen molar-refractivity contribution in [2.24, 2.45) is 0 Å². The maximum atomic E-state index is 11.8. The van der Waals surface area contributed by atoms with Crippen molar-refractivity contribution in [1.82, 2.24) is 20.2 Å². The van der Waals surface area contributed by atoms with Gasteiger partial charge in [0.15, 0.2) is 12.4 Å². The fraction of sp³-hybridized carbons (Fsp3) is 0.385. The number of carbonyl (C=O) groups is 1. The molecule has 0 N–H and O–H groups in total. The van der Waals surface area contributed by atoms with Gasteiger partial charge in [-0.05, 0) is 34.5 Å². The molecule has 0 radical (unpaired) electrons. The van der Waals surface area contributed by atoms with Crippen molar-refractivity contribution in [3.05, 3.63) is 39.6 Å². The fourth-order valence-corrected chi connectivity index (χ4v) is 2.05. The Morgan fingerprint density at radius 2 is 2.14 bits per heavy atom. The molecule has 0 aliphatic heterocycles. The molecule has 0 saturated carbocycles. The van der Waals surface area contributed by atoms with Crippen LogP contribution in [0.2, 0.25) is 10.0 Å². The van der Waals surface area contributed by atoms with E-state index in [4.69, 9.17) is 27.9 Å². The van der Waals surface area contributed by atoms with Crippen LogP contribution in [0.4, 0.5) is 0 Å². The van der Waals surface area contributed by atoms with E-state index in [1.54, 1.807) is 22.9 Å². The average molecular weight is 329 g/mol. The quantitative estimate of drug-likeness (QED) is 0.762. The SMILES string of the molecule is CCCn1nnnc1COC(=O)Cc1ccc(Cl)c(Cl)c1. The highest BCUT2D eigenvalue weighted by Gasteiger charge is 2.11. The van der Waals surface area contributed by atoms with Gasteiger partial charge in [-0.1, -0.05) is 36.2 Å². The number of aromatic nitrogens is 4. The molecular weight excluding hydrogens is 315 g/mol. The van der Waals surface area contributed by atoms with Crippen LogP contribution in [-0.2, 0) is 29.1 Å². The minimum atomic E-state index is -0.376. The summed E-state index contributed by atoms with van der Waals surface area (Å²) >= 11 is 11.7. The van der Waals surface area contributed by atoms with Gasteiger partial charge in [0.1, 0.15) is 0 Å². The summed E-state index contributed by atoms with van der Waals surface area (Å²) in [6.07, 6.45) is 1.02. The number of halogens is 2. The summed E-state index contributed by atoms with van der Waals surface area (Å²) in [7, 11) is 0. The van der Waals surface area contributed by atoms with Gasteiger partial charge in [0.05, 0.1) is 16.5 Å². The van der Waals surface area contributed by atoms with Crippen LogP contribution in [0.1, 0.15) is 24.7 Å². The second kappa shape index (κ2) is 7.38. The highest BCUT2D eigenvalue weighted by atomic mass is 35.5. The summed E-state index contributed by atoms with van der Waals surface area (Å²) in [6, 6.07) is 5.03. The van der Waals surface area contributed by atoms with E-state index in [-0.39, 0.29) is 19.0 Å². The van der Waals surface area contributed by atoms with Crippen LogP contribution in [0, 0.1) is 0 Å². The first-order valence-corrected chi connectivity index (χ1v) is 7.20. The van der Waals surface area contributed by atoms with Crippen molar-refractivity contribution < 1.29 is 9.53 Å². The van der Waals surface area contributed by atoms with E-state index in [0.717, 1.165) is 12.0 Å². The van der Waals surface area contributed by atoms with Crippen LogP contribution in [0.3, 0.4) is 0 Å². The maximum absolute atomic E-state index is 11.8. The van der Waals surface area contributed by atoms with Gasteiger partial charge in [-0.2, -0.15) is 0 Å². The maximum Gasteiger partial charge on any atom is 0.310 e. The van der Waals surface area contributed by atoms with Crippen molar-refractivity contribution in [2.45, 2.75) is 32.9 Å². The molecular formula is C13H14Cl2N4O2. The molecule has 0 bridgehead atoms. The van der Waals surface area contributed by atoms with Gasteiger partial charge in [0, 0.05) is 6.54 Å². The van der Waals surface area contributed by atoms with E-state index < -0.39 is 0 Å². The van der Waals surface area contributed by atoms with Gasteiger partial charge in [0.25, 0.3) is 0 Å². The van der Waals surface area contributed by atoms with E-state index in [9.17, 15) is 4.79 Å². The molecule has 1 heterocycles. The molecule has 0 saturated heterocycles. The average Bonchev–Trinajstić information content (AvgIpc) is 2.89. The predicted octanol–water partition coefficient (Wildman–Crippen LogP) is 2.68. The van der Waals surface area contributed by atoms with Crippen molar-refractivity contribution in [3.63, 3.8) is 0 Å². The largest absolute Gasteiger partial charge is 0.457 e. The van der Waals surface area contributed by atoms with Crippen LogP contribution >= 0.6 is 23.2 Å². The third-order valence-electron chi connectivity index (χ3n) is 2.74. The lowest BCUT2D eigenvalue weighted by Gasteiger charge is -2.06. The summed E-state index contributed by atoms with van der Waals surface area (Å²) in [5.41, 5.74) is 0.738. The van der Waals surface area contributed by atoms with Crippen molar-refractivity contribution in [1.29, 1.82) is 0 Å². The van der Waals surface area contributed by atoms with Crippen LogP contribution in [0.15, 0.2) is 18.2 Å². The topological polar surface area (TPSA) is 69.9 Å². The Bertz CT molecular complexity index is 630. The normalized spacial score (nSPS) is 10.6. The lowest BCUT2D eigenvalue weighted by atomic mass is 10.1. The monoisotopic (exact) mass is 328 g/mol. The Labute approximate surface area is 132 Å². The van der Waals surface area contributed by atoms with Gasteiger partial charge in [-0.25, -0.2) is 4.68 Å². The zero-order chi connectivity index (χ0) is 15.2. The molecule has 0 aliphatic carbocycles. The van der Waals surface area contributed by atoms with E-state index >= 15 is 0 Å². The van der Waals surface area contributed by atoms with Gasteiger partial charge >= 0.3 is 5.97 Å². The van der Waals surface area contributed by atoms with Crippen molar-refractivity contribution in [3.8, 4) is 0 Å². The summed E-state index contributed by atoms with van der Waals surface area (Å²) in [6.45, 7) is 2.75. The first-order valence-electron chi connectivity index (χ1n) is 6.44. The number of esters is 1.